The van der Waals surface area contributed by atoms with Crippen molar-refractivity contribution in [1.82, 2.24) is 0 Å². The minimum Gasteiger partial charge on any atom is -0.478 e. The SMILES string of the molecule is O=C(O)c1cc(Sc2ccc(F)cc2[N+](=O)[O-])ccc1Cl. The van der Waals surface area contributed by atoms with Gasteiger partial charge in [0.15, 0.2) is 0 Å². The Balaban J connectivity index is 2.41. The van der Waals surface area contributed by atoms with Gasteiger partial charge in [-0.05, 0) is 30.3 Å². The van der Waals surface area contributed by atoms with Crippen molar-refractivity contribution in [2.75, 3.05) is 0 Å². The Morgan fingerprint density at radius 1 is 1.29 bits per heavy atom. The average Bonchev–Trinajstić information content (AvgIpc) is 2.42. The van der Waals surface area contributed by atoms with Gasteiger partial charge in [-0.2, -0.15) is 0 Å². The van der Waals surface area contributed by atoms with Crippen molar-refractivity contribution in [3.05, 3.63) is 62.9 Å². The number of nitro benzene ring substituents is 1. The fourth-order valence-electron chi connectivity index (χ4n) is 1.58. The van der Waals surface area contributed by atoms with E-state index in [4.69, 9.17) is 16.7 Å². The normalized spacial score (nSPS) is 10.4. The Bertz CT molecular complexity index is 738. The Hall–Kier alpha value is -2.12. The van der Waals surface area contributed by atoms with Gasteiger partial charge in [0, 0.05) is 4.90 Å². The highest BCUT2D eigenvalue weighted by atomic mass is 35.5. The lowest BCUT2D eigenvalue weighted by atomic mass is 10.2. The molecule has 2 aromatic carbocycles. The number of carbonyl (C=O) groups is 1. The van der Waals surface area contributed by atoms with Crippen LogP contribution in [-0.4, -0.2) is 16.0 Å². The van der Waals surface area contributed by atoms with E-state index >= 15 is 0 Å². The predicted octanol–water partition coefficient (Wildman–Crippen LogP) is 4.24. The Kier molecular flexibility index (Phi) is 4.44. The summed E-state index contributed by atoms with van der Waals surface area (Å²) >= 11 is 6.71. The van der Waals surface area contributed by atoms with Crippen molar-refractivity contribution >= 4 is 35.0 Å². The molecule has 0 saturated heterocycles. The van der Waals surface area contributed by atoms with Gasteiger partial charge in [-0.1, -0.05) is 23.4 Å². The molecule has 0 amide bonds. The molecule has 0 spiro atoms. The van der Waals surface area contributed by atoms with Gasteiger partial charge < -0.3 is 5.11 Å². The van der Waals surface area contributed by atoms with Crippen molar-refractivity contribution in [3.63, 3.8) is 0 Å². The molecular formula is C13H7ClFNO4S. The first-order chi connectivity index (χ1) is 9.88. The smallest absolute Gasteiger partial charge is 0.337 e. The van der Waals surface area contributed by atoms with Crippen molar-refractivity contribution < 1.29 is 19.2 Å². The van der Waals surface area contributed by atoms with E-state index in [1.807, 2.05) is 0 Å². The predicted molar refractivity (Wildman–Crippen MR) is 75.6 cm³/mol. The van der Waals surface area contributed by atoms with Crippen LogP contribution in [0.3, 0.4) is 0 Å². The zero-order valence-electron chi connectivity index (χ0n) is 10.2. The monoisotopic (exact) mass is 327 g/mol. The second-order valence-corrected chi connectivity index (χ2v) is 5.44. The van der Waals surface area contributed by atoms with E-state index < -0.39 is 16.7 Å². The van der Waals surface area contributed by atoms with Crippen LogP contribution in [0, 0.1) is 15.9 Å². The molecule has 0 aliphatic carbocycles. The van der Waals surface area contributed by atoms with Crippen LogP contribution in [0.25, 0.3) is 0 Å². The lowest BCUT2D eigenvalue weighted by molar-refractivity contribution is -0.387. The maximum atomic E-state index is 13.1. The van der Waals surface area contributed by atoms with E-state index in [-0.39, 0.29) is 21.2 Å². The molecule has 0 saturated carbocycles. The molecule has 108 valence electrons. The Labute approximate surface area is 127 Å². The molecule has 0 bridgehead atoms. The van der Waals surface area contributed by atoms with Crippen molar-refractivity contribution in [2.24, 2.45) is 0 Å². The van der Waals surface area contributed by atoms with Crippen LogP contribution in [0.2, 0.25) is 5.02 Å². The number of aromatic carboxylic acids is 1. The standard InChI is InChI=1S/C13H7ClFNO4S/c14-10-3-2-8(6-9(10)13(17)18)21-12-4-1-7(15)5-11(12)16(19)20/h1-6H,(H,17,18). The fraction of sp³-hybridized carbons (Fsp3) is 0. The molecular weight excluding hydrogens is 321 g/mol. The zero-order chi connectivity index (χ0) is 15.6. The van der Waals surface area contributed by atoms with Crippen LogP contribution >= 0.6 is 23.4 Å². The molecule has 8 heteroatoms. The van der Waals surface area contributed by atoms with E-state index in [9.17, 15) is 19.3 Å². The molecule has 0 radical (unpaired) electrons. The first-order valence-electron chi connectivity index (χ1n) is 5.53. The van der Waals surface area contributed by atoms with Gasteiger partial charge in [0.25, 0.3) is 5.69 Å². The molecule has 0 atom stereocenters. The minimum absolute atomic E-state index is 0.0699. The summed E-state index contributed by atoms with van der Waals surface area (Å²) in [5.41, 5.74) is -0.488. The van der Waals surface area contributed by atoms with E-state index in [2.05, 4.69) is 0 Å². The van der Waals surface area contributed by atoms with Gasteiger partial charge >= 0.3 is 5.97 Å². The summed E-state index contributed by atoms with van der Waals surface area (Å²) in [6.07, 6.45) is 0. The maximum absolute atomic E-state index is 13.1. The van der Waals surface area contributed by atoms with Crippen LogP contribution in [0.15, 0.2) is 46.2 Å². The molecule has 2 aromatic rings. The van der Waals surface area contributed by atoms with Gasteiger partial charge in [-0.3, -0.25) is 10.1 Å². The average molecular weight is 328 g/mol. The molecule has 0 aliphatic heterocycles. The molecule has 1 N–H and O–H groups in total. The number of benzene rings is 2. The number of rotatable bonds is 4. The van der Waals surface area contributed by atoms with Crippen molar-refractivity contribution in [1.29, 1.82) is 0 Å². The van der Waals surface area contributed by atoms with Crippen LogP contribution in [0.5, 0.6) is 0 Å². The Morgan fingerprint density at radius 3 is 2.62 bits per heavy atom. The first-order valence-corrected chi connectivity index (χ1v) is 6.72. The number of hydrogen-bond acceptors (Lipinski definition) is 4. The molecule has 2 rings (SSSR count). The van der Waals surface area contributed by atoms with Gasteiger partial charge in [0.2, 0.25) is 0 Å². The summed E-state index contributed by atoms with van der Waals surface area (Å²) < 4.78 is 13.1. The van der Waals surface area contributed by atoms with Gasteiger partial charge in [-0.15, -0.1) is 0 Å². The van der Waals surface area contributed by atoms with Gasteiger partial charge in [-0.25, -0.2) is 9.18 Å². The summed E-state index contributed by atoms with van der Waals surface area (Å²) in [6.45, 7) is 0. The zero-order valence-corrected chi connectivity index (χ0v) is 11.8. The van der Waals surface area contributed by atoms with Gasteiger partial charge in [0.05, 0.1) is 26.5 Å². The molecule has 0 unspecified atom stereocenters. The van der Waals surface area contributed by atoms with Crippen LogP contribution in [0.1, 0.15) is 10.4 Å². The number of carboxylic acid groups (broad SMARTS) is 1. The van der Waals surface area contributed by atoms with E-state index in [1.165, 1.54) is 24.3 Å². The maximum Gasteiger partial charge on any atom is 0.337 e. The number of nitro groups is 1. The highest BCUT2D eigenvalue weighted by Crippen LogP contribution is 2.36. The lowest BCUT2D eigenvalue weighted by Gasteiger charge is -2.05. The third-order valence-corrected chi connectivity index (χ3v) is 3.90. The number of nitrogens with zero attached hydrogens (tertiary/aromatic N) is 1. The number of carboxylic acids is 1. The molecule has 21 heavy (non-hydrogen) atoms. The number of halogens is 2. The first kappa shape index (κ1) is 15.3. The Morgan fingerprint density at radius 2 is 2.00 bits per heavy atom. The van der Waals surface area contributed by atoms with Crippen LogP contribution in [-0.2, 0) is 0 Å². The molecule has 0 heterocycles. The topological polar surface area (TPSA) is 80.4 Å². The second-order valence-electron chi connectivity index (χ2n) is 3.92. The summed E-state index contributed by atoms with van der Waals surface area (Å²) in [5.74, 6) is -1.91. The van der Waals surface area contributed by atoms with Crippen molar-refractivity contribution in [3.8, 4) is 0 Å². The summed E-state index contributed by atoms with van der Waals surface area (Å²) in [4.78, 5) is 21.9. The quantitative estimate of drug-likeness (QED) is 0.671. The van der Waals surface area contributed by atoms with Crippen LogP contribution in [0.4, 0.5) is 10.1 Å². The van der Waals surface area contributed by atoms with E-state index in [1.54, 1.807) is 0 Å². The fourth-order valence-corrected chi connectivity index (χ4v) is 2.72. The third kappa shape index (κ3) is 3.50. The lowest BCUT2D eigenvalue weighted by Crippen LogP contribution is -1.97. The minimum atomic E-state index is -1.20. The molecule has 0 aromatic heterocycles. The highest BCUT2D eigenvalue weighted by molar-refractivity contribution is 7.99. The van der Waals surface area contributed by atoms with E-state index in [0.29, 0.717) is 4.90 Å². The second kappa shape index (κ2) is 6.11. The third-order valence-electron chi connectivity index (χ3n) is 2.51. The highest BCUT2D eigenvalue weighted by Gasteiger charge is 2.17. The molecule has 5 nitrogen and oxygen atoms in total. The number of hydrogen-bond donors (Lipinski definition) is 1. The summed E-state index contributed by atoms with van der Waals surface area (Å²) in [5, 5.41) is 20.0. The molecule has 0 aliphatic rings. The molecule has 0 fully saturated rings. The van der Waals surface area contributed by atoms with Crippen LogP contribution < -0.4 is 0 Å². The summed E-state index contributed by atoms with van der Waals surface area (Å²) in [7, 11) is 0. The summed E-state index contributed by atoms with van der Waals surface area (Å²) in [6, 6.07) is 7.42. The van der Waals surface area contributed by atoms with Crippen molar-refractivity contribution in [2.45, 2.75) is 9.79 Å². The van der Waals surface area contributed by atoms with E-state index in [0.717, 1.165) is 23.9 Å². The van der Waals surface area contributed by atoms with Gasteiger partial charge in [0.1, 0.15) is 5.82 Å². The largest absolute Gasteiger partial charge is 0.478 e.